The Kier molecular flexibility index (Phi) is 4.80. The number of esters is 1. The summed E-state index contributed by atoms with van der Waals surface area (Å²) in [5.41, 5.74) is 1.51. The first-order chi connectivity index (χ1) is 9.93. The minimum absolute atomic E-state index is 0.0640. The molecular formula is C14H12BrClN2O3. The van der Waals surface area contributed by atoms with E-state index in [9.17, 15) is 4.79 Å². The fourth-order valence-corrected chi connectivity index (χ4v) is 2.33. The second-order valence-electron chi connectivity index (χ2n) is 4.30. The molecule has 110 valence electrons. The van der Waals surface area contributed by atoms with Crippen molar-refractivity contribution in [1.82, 2.24) is 10.2 Å². The third kappa shape index (κ3) is 3.33. The van der Waals surface area contributed by atoms with Gasteiger partial charge < -0.3 is 9.47 Å². The number of ether oxygens (including phenoxy) is 2. The average Bonchev–Trinajstić information content (AvgIpc) is 2.45. The number of methoxy groups -OCH3 is 1. The molecule has 0 atom stereocenters. The van der Waals surface area contributed by atoms with Crippen molar-refractivity contribution < 1.29 is 14.3 Å². The number of aryl methyl sites for hydroxylation is 1. The van der Waals surface area contributed by atoms with Crippen LogP contribution in [0, 0.1) is 13.8 Å². The molecule has 21 heavy (non-hydrogen) atoms. The Balaban J connectivity index is 2.49. The zero-order chi connectivity index (χ0) is 15.6. The monoisotopic (exact) mass is 370 g/mol. The van der Waals surface area contributed by atoms with Gasteiger partial charge in [0.25, 0.3) is 5.88 Å². The molecule has 1 heterocycles. The molecule has 1 aromatic heterocycles. The van der Waals surface area contributed by atoms with E-state index in [1.54, 1.807) is 13.0 Å². The fourth-order valence-electron chi connectivity index (χ4n) is 1.72. The number of benzene rings is 1. The lowest BCUT2D eigenvalue weighted by atomic mass is 10.2. The molecule has 0 aliphatic rings. The van der Waals surface area contributed by atoms with Crippen molar-refractivity contribution in [3.8, 4) is 11.6 Å². The molecule has 2 rings (SSSR count). The number of aromatic nitrogens is 2. The van der Waals surface area contributed by atoms with E-state index in [-0.39, 0.29) is 16.6 Å². The third-order valence-electron chi connectivity index (χ3n) is 2.86. The van der Waals surface area contributed by atoms with E-state index >= 15 is 0 Å². The van der Waals surface area contributed by atoms with Gasteiger partial charge in [-0.3, -0.25) is 0 Å². The largest absolute Gasteiger partial charge is 0.465 e. The van der Waals surface area contributed by atoms with E-state index in [4.69, 9.17) is 21.1 Å². The number of hydrogen-bond acceptors (Lipinski definition) is 5. The predicted molar refractivity (Wildman–Crippen MR) is 82.1 cm³/mol. The Morgan fingerprint density at radius 2 is 2.00 bits per heavy atom. The quantitative estimate of drug-likeness (QED) is 0.761. The molecule has 7 heteroatoms. The van der Waals surface area contributed by atoms with Gasteiger partial charge in [-0.25, -0.2) is 4.79 Å². The highest BCUT2D eigenvalue weighted by Crippen LogP contribution is 2.31. The lowest BCUT2D eigenvalue weighted by Gasteiger charge is -2.12. The first-order valence-electron chi connectivity index (χ1n) is 5.99. The van der Waals surface area contributed by atoms with Gasteiger partial charge in [0, 0.05) is 10.0 Å². The van der Waals surface area contributed by atoms with Crippen LogP contribution in [0.2, 0.25) is 5.15 Å². The van der Waals surface area contributed by atoms with Gasteiger partial charge in [-0.15, -0.1) is 10.2 Å². The second kappa shape index (κ2) is 6.41. The summed E-state index contributed by atoms with van der Waals surface area (Å²) in [7, 11) is 1.28. The maximum absolute atomic E-state index is 11.9. The van der Waals surface area contributed by atoms with E-state index < -0.39 is 5.97 Å². The minimum Gasteiger partial charge on any atom is -0.465 e. The maximum atomic E-state index is 11.9. The zero-order valence-electron chi connectivity index (χ0n) is 11.6. The fraction of sp³-hybridized carbons (Fsp3) is 0.214. The highest BCUT2D eigenvalue weighted by atomic mass is 79.9. The number of carbonyl (C=O) groups is 1. The molecule has 0 aliphatic heterocycles. The molecular weight excluding hydrogens is 360 g/mol. The maximum Gasteiger partial charge on any atom is 0.343 e. The summed E-state index contributed by atoms with van der Waals surface area (Å²) < 4.78 is 11.4. The number of rotatable bonds is 3. The van der Waals surface area contributed by atoms with Crippen LogP contribution in [0.25, 0.3) is 0 Å². The summed E-state index contributed by atoms with van der Waals surface area (Å²) >= 11 is 9.28. The van der Waals surface area contributed by atoms with Crippen molar-refractivity contribution in [3.63, 3.8) is 0 Å². The van der Waals surface area contributed by atoms with Crippen LogP contribution in [0.4, 0.5) is 0 Å². The Morgan fingerprint density at radius 1 is 1.29 bits per heavy atom. The molecule has 0 aliphatic carbocycles. The lowest BCUT2D eigenvalue weighted by Crippen LogP contribution is -2.09. The Morgan fingerprint density at radius 3 is 2.62 bits per heavy atom. The van der Waals surface area contributed by atoms with Gasteiger partial charge in [-0.1, -0.05) is 27.5 Å². The van der Waals surface area contributed by atoms with Gasteiger partial charge in [-0.2, -0.15) is 0 Å². The van der Waals surface area contributed by atoms with Gasteiger partial charge in [0.2, 0.25) is 0 Å². The highest BCUT2D eigenvalue weighted by Gasteiger charge is 2.22. The number of nitrogens with zero attached hydrogens (tertiary/aromatic N) is 2. The van der Waals surface area contributed by atoms with E-state index in [1.165, 1.54) is 7.11 Å². The molecule has 1 aromatic carbocycles. The summed E-state index contributed by atoms with van der Waals surface area (Å²) in [5, 5.41) is 7.76. The molecule has 0 radical (unpaired) electrons. The van der Waals surface area contributed by atoms with Gasteiger partial charge >= 0.3 is 5.97 Å². The van der Waals surface area contributed by atoms with Gasteiger partial charge in [0.1, 0.15) is 11.3 Å². The first kappa shape index (κ1) is 15.7. The smallest absolute Gasteiger partial charge is 0.343 e. The third-order valence-corrected chi connectivity index (χ3v) is 3.71. The Hall–Kier alpha value is -1.66. The van der Waals surface area contributed by atoms with Crippen molar-refractivity contribution in [2.24, 2.45) is 0 Å². The Labute approximate surface area is 135 Å². The highest BCUT2D eigenvalue weighted by molar-refractivity contribution is 9.10. The molecule has 0 fully saturated rings. The molecule has 5 nitrogen and oxygen atoms in total. The topological polar surface area (TPSA) is 61.3 Å². The standard InChI is InChI=1S/C14H12BrClN2O3/c1-7-6-9(15)4-5-10(7)21-13-11(14(19)20-3)8(2)12(16)17-18-13/h4-6H,1-3H3. The molecule has 0 unspecified atom stereocenters. The molecule has 2 aromatic rings. The van der Waals surface area contributed by atoms with Crippen molar-refractivity contribution in [1.29, 1.82) is 0 Å². The minimum atomic E-state index is -0.575. The number of halogens is 2. The lowest BCUT2D eigenvalue weighted by molar-refractivity contribution is 0.0596. The van der Waals surface area contributed by atoms with E-state index in [1.807, 2.05) is 19.1 Å². The molecule has 0 amide bonds. The molecule has 0 saturated carbocycles. The number of hydrogen-bond donors (Lipinski definition) is 0. The van der Waals surface area contributed by atoms with Gasteiger partial charge in [0.15, 0.2) is 5.15 Å². The molecule has 0 spiro atoms. The van der Waals surface area contributed by atoms with Crippen molar-refractivity contribution in [3.05, 3.63) is 44.5 Å². The van der Waals surface area contributed by atoms with Crippen molar-refractivity contribution >= 4 is 33.5 Å². The summed E-state index contributed by atoms with van der Waals surface area (Å²) in [4.78, 5) is 11.9. The van der Waals surface area contributed by atoms with Crippen LogP contribution in [0.15, 0.2) is 22.7 Å². The second-order valence-corrected chi connectivity index (χ2v) is 5.57. The van der Waals surface area contributed by atoms with Crippen LogP contribution in [0.3, 0.4) is 0 Å². The van der Waals surface area contributed by atoms with Crippen molar-refractivity contribution in [2.75, 3.05) is 7.11 Å². The molecule has 0 bridgehead atoms. The van der Waals surface area contributed by atoms with Gasteiger partial charge in [0.05, 0.1) is 7.11 Å². The predicted octanol–water partition coefficient (Wildman–Crippen LogP) is 4.09. The Bertz CT molecular complexity index is 707. The van der Waals surface area contributed by atoms with E-state index in [0.29, 0.717) is 11.3 Å². The normalized spacial score (nSPS) is 10.3. The zero-order valence-corrected chi connectivity index (χ0v) is 13.9. The summed E-state index contributed by atoms with van der Waals surface area (Å²) in [6.07, 6.45) is 0. The van der Waals surface area contributed by atoms with Crippen LogP contribution in [0.5, 0.6) is 11.6 Å². The SMILES string of the molecule is COC(=O)c1c(Oc2ccc(Br)cc2C)nnc(Cl)c1C. The van der Waals surface area contributed by atoms with E-state index in [0.717, 1.165) is 10.0 Å². The van der Waals surface area contributed by atoms with Crippen LogP contribution >= 0.6 is 27.5 Å². The van der Waals surface area contributed by atoms with Gasteiger partial charge in [-0.05, 0) is 37.6 Å². The van der Waals surface area contributed by atoms with Crippen LogP contribution in [-0.2, 0) is 4.74 Å². The van der Waals surface area contributed by atoms with E-state index in [2.05, 4.69) is 26.1 Å². The molecule has 0 saturated heterocycles. The number of carbonyl (C=O) groups excluding carboxylic acids is 1. The molecule has 0 N–H and O–H groups in total. The summed E-state index contributed by atoms with van der Waals surface area (Å²) in [6, 6.07) is 5.49. The average molecular weight is 372 g/mol. The van der Waals surface area contributed by atoms with Crippen molar-refractivity contribution in [2.45, 2.75) is 13.8 Å². The van der Waals surface area contributed by atoms with Crippen LogP contribution < -0.4 is 4.74 Å². The summed E-state index contributed by atoms with van der Waals surface area (Å²) in [6.45, 7) is 3.54. The van der Waals surface area contributed by atoms with Crippen LogP contribution in [0.1, 0.15) is 21.5 Å². The van der Waals surface area contributed by atoms with Crippen LogP contribution in [-0.4, -0.2) is 23.3 Å². The summed E-state index contributed by atoms with van der Waals surface area (Å²) in [5.74, 6) is 0.0580. The first-order valence-corrected chi connectivity index (χ1v) is 7.16.